The maximum atomic E-state index is 9.31. The number of hydrogen-bond acceptors (Lipinski definition) is 6. The fraction of sp³-hybridized carbons (Fsp3) is 0. The minimum Gasteiger partial charge on any atom is -0.355 e. The van der Waals surface area contributed by atoms with Crippen LogP contribution in [0.25, 0.3) is 5.53 Å². The maximum Gasteiger partial charge on any atom is 0.0559 e. The van der Waals surface area contributed by atoms with Gasteiger partial charge in [0.1, 0.15) is 0 Å². The third-order valence-corrected chi connectivity index (χ3v) is 0.243. The van der Waals surface area contributed by atoms with E-state index in [0.29, 0.717) is 0 Å². The van der Waals surface area contributed by atoms with E-state index in [2.05, 4.69) is 16.0 Å². The van der Waals surface area contributed by atoms with Crippen LogP contribution in [0.15, 0.2) is 15.7 Å². The molecule has 0 amide bonds. The van der Waals surface area contributed by atoms with E-state index in [-0.39, 0.29) is 0 Å². The molecule has 0 aliphatic heterocycles. The van der Waals surface area contributed by atoms with Crippen LogP contribution in [0.4, 0.5) is 0 Å². The SMILES string of the molecule is O=NNN=N[N-][N+](=O)[O-]. The summed E-state index contributed by atoms with van der Waals surface area (Å²) in [5.41, 5.74) is 3.71. The average molecular weight is 133 g/mol. The van der Waals surface area contributed by atoms with Gasteiger partial charge in [-0.1, -0.05) is 0 Å². The zero-order chi connectivity index (χ0) is 7.11. The average Bonchev–Trinajstić information content (AvgIpc) is 1.80. The molecule has 0 saturated carbocycles. The van der Waals surface area contributed by atoms with Crippen molar-refractivity contribution in [3.8, 4) is 0 Å². The first kappa shape index (κ1) is 7.20. The van der Waals surface area contributed by atoms with E-state index in [0.717, 1.165) is 0 Å². The van der Waals surface area contributed by atoms with E-state index in [1.165, 1.54) is 5.53 Å². The van der Waals surface area contributed by atoms with Gasteiger partial charge in [0, 0.05) is 0 Å². The Hall–Kier alpha value is -1.80. The van der Waals surface area contributed by atoms with E-state index in [9.17, 15) is 10.1 Å². The van der Waals surface area contributed by atoms with Gasteiger partial charge in [0.05, 0.1) is 5.29 Å². The Morgan fingerprint density at radius 3 is 2.78 bits per heavy atom. The second kappa shape index (κ2) is 4.36. The minimum atomic E-state index is -1.07. The first-order valence-corrected chi connectivity index (χ1v) is 1.59. The molecule has 1 N–H and O–H groups in total. The Bertz CT molecular complexity index is 126. The van der Waals surface area contributed by atoms with Gasteiger partial charge in [-0.05, 0) is 15.8 Å². The molecule has 0 heterocycles. The van der Waals surface area contributed by atoms with Crippen molar-refractivity contribution in [2.75, 3.05) is 0 Å². The lowest BCUT2D eigenvalue weighted by Crippen LogP contribution is -1.90. The molecule has 0 atom stereocenters. The normalized spacial score (nSPS) is 8.89. The van der Waals surface area contributed by atoms with Crippen molar-refractivity contribution in [3.05, 3.63) is 20.6 Å². The van der Waals surface area contributed by atoms with Crippen LogP contribution in [-0.2, 0) is 0 Å². The van der Waals surface area contributed by atoms with Gasteiger partial charge in [-0.3, -0.25) is 0 Å². The molecule has 0 spiro atoms. The van der Waals surface area contributed by atoms with Crippen molar-refractivity contribution in [2.24, 2.45) is 15.7 Å². The smallest absolute Gasteiger partial charge is 0.0559 e. The lowest BCUT2D eigenvalue weighted by atomic mass is 12.3. The molecule has 0 aliphatic carbocycles. The van der Waals surface area contributed by atoms with Gasteiger partial charge in [0.2, 0.25) is 0 Å². The summed E-state index contributed by atoms with van der Waals surface area (Å²) in [4.78, 5) is 18.4. The Morgan fingerprint density at radius 1 is 1.67 bits per heavy atom. The van der Waals surface area contributed by atoms with Crippen molar-refractivity contribution in [1.29, 1.82) is 0 Å². The van der Waals surface area contributed by atoms with Crippen LogP contribution in [0, 0.1) is 15.0 Å². The molecule has 0 aromatic heterocycles. The highest BCUT2D eigenvalue weighted by atomic mass is 16.7. The van der Waals surface area contributed by atoms with E-state index in [1.54, 1.807) is 0 Å². The second-order valence-electron chi connectivity index (χ2n) is 0.708. The zero-order valence-corrected chi connectivity index (χ0v) is 3.96. The number of rotatable bonds is 4. The predicted octanol–water partition coefficient (Wildman–Crippen LogP) is 0.105. The molecule has 0 rings (SSSR count). The molecule has 0 aliphatic rings. The molecule has 0 unspecified atom stereocenters. The van der Waals surface area contributed by atoms with Crippen molar-refractivity contribution < 1.29 is 5.03 Å². The van der Waals surface area contributed by atoms with Gasteiger partial charge < -0.3 is 10.1 Å². The van der Waals surface area contributed by atoms with E-state index in [1.807, 2.05) is 5.29 Å². The largest absolute Gasteiger partial charge is 0.355 e. The Morgan fingerprint density at radius 2 is 2.33 bits per heavy atom. The third-order valence-electron chi connectivity index (χ3n) is 0.243. The second-order valence-corrected chi connectivity index (χ2v) is 0.708. The van der Waals surface area contributed by atoms with Crippen molar-refractivity contribution in [1.82, 2.24) is 5.53 Å². The first-order chi connectivity index (χ1) is 4.27. The molecule has 9 heavy (non-hydrogen) atoms. The Labute approximate surface area is 48.1 Å². The van der Waals surface area contributed by atoms with Crippen LogP contribution in [0.1, 0.15) is 0 Å². The summed E-state index contributed by atoms with van der Waals surface area (Å²) in [5, 5.41) is 15.4. The summed E-state index contributed by atoms with van der Waals surface area (Å²) in [6, 6.07) is 0. The van der Waals surface area contributed by atoms with Gasteiger partial charge in [0.15, 0.2) is 0 Å². The van der Waals surface area contributed by atoms with Crippen LogP contribution in [-0.4, -0.2) is 5.03 Å². The molecule has 0 aromatic carbocycles. The van der Waals surface area contributed by atoms with Crippen LogP contribution in [0.5, 0.6) is 0 Å². The Kier molecular flexibility index (Phi) is 3.49. The molecule has 0 bridgehead atoms. The van der Waals surface area contributed by atoms with Crippen LogP contribution < -0.4 is 5.53 Å². The fourth-order valence-corrected chi connectivity index (χ4v) is 0.0909. The molecule has 9 nitrogen and oxygen atoms in total. The quantitative estimate of drug-likeness (QED) is 0.252. The van der Waals surface area contributed by atoms with Gasteiger partial charge >= 0.3 is 0 Å². The van der Waals surface area contributed by atoms with Crippen molar-refractivity contribution in [2.45, 2.75) is 0 Å². The minimum absolute atomic E-state index is 1.07. The van der Waals surface area contributed by atoms with Gasteiger partial charge in [-0.25, -0.2) is 5.53 Å². The van der Waals surface area contributed by atoms with Crippen molar-refractivity contribution in [3.63, 3.8) is 0 Å². The fourth-order valence-electron chi connectivity index (χ4n) is 0.0909. The van der Waals surface area contributed by atoms with Gasteiger partial charge in [-0.2, -0.15) is 0 Å². The Balaban J connectivity index is 3.24. The summed E-state index contributed by atoms with van der Waals surface area (Å²) in [6.07, 6.45) is 0. The lowest BCUT2D eigenvalue weighted by Gasteiger charge is -1.90. The zero-order valence-electron chi connectivity index (χ0n) is 3.96. The maximum absolute atomic E-state index is 9.31. The molecule has 50 valence electrons. The van der Waals surface area contributed by atoms with E-state index >= 15 is 0 Å². The summed E-state index contributed by atoms with van der Waals surface area (Å²) >= 11 is 0. The molecule has 0 fully saturated rings. The van der Waals surface area contributed by atoms with Crippen LogP contribution in [0.2, 0.25) is 0 Å². The molecule has 0 saturated heterocycles. The standard InChI is InChI=1S/H2N6O3/c7-5-3-1-2-4-6(8)9/h(H2,1,2,3,4,5,7)/p-1. The highest BCUT2D eigenvalue weighted by Crippen LogP contribution is 1.85. The summed E-state index contributed by atoms with van der Waals surface area (Å²) in [5.74, 6) is 0. The van der Waals surface area contributed by atoms with Crippen LogP contribution in [0.3, 0.4) is 0 Å². The summed E-state index contributed by atoms with van der Waals surface area (Å²) in [7, 11) is 0. The highest BCUT2D eigenvalue weighted by Gasteiger charge is 1.73. The van der Waals surface area contributed by atoms with E-state index in [4.69, 9.17) is 4.91 Å². The number of hydrogen-bond donors (Lipinski definition) is 1. The first-order valence-electron chi connectivity index (χ1n) is 1.59. The van der Waals surface area contributed by atoms with Crippen molar-refractivity contribution >= 4 is 0 Å². The number of nitrogens with zero attached hydrogens (tertiary/aromatic N) is 5. The molecule has 0 radical (unpaired) electrons. The predicted molar refractivity (Wildman–Crippen MR) is 24.1 cm³/mol. The van der Waals surface area contributed by atoms with Gasteiger partial charge in [0.25, 0.3) is 0 Å². The number of nitrogens with one attached hydrogen (secondary N) is 1. The van der Waals surface area contributed by atoms with Crippen LogP contribution >= 0.6 is 0 Å². The molecule has 0 aromatic rings. The molecular formula is HN6O3-. The molecular weight excluding hydrogens is 132 g/mol. The van der Waals surface area contributed by atoms with E-state index < -0.39 is 5.03 Å². The highest BCUT2D eigenvalue weighted by molar-refractivity contribution is 4.38. The third kappa shape index (κ3) is 6.20. The summed E-state index contributed by atoms with van der Waals surface area (Å²) < 4.78 is 0. The monoisotopic (exact) mass is 133 g/mol. The lowest BCUT2D eigenvalue weighted by molar-refractivity contribution is -0.428. The number of nitroso groups, excluding NO2 is 1. The van der Waals surface area contributed by atoms with Gasteiger partial charge in [-0.15, -0.1) is 10.1 Å². The number of nitro groups is 1. The summed E-state index contributed by atoms with van der Waals surface area (Å²) in [6.45, 7) is 0. The molecule has 9 heteroatoms. The topological polar surface area (TPSA) is 123 Å².